The summed E-state index contributed by atoms with van der Waals surface area (Å²) in [5, 5.41) is 3.51. The Bertz CT molecular complexity index is 443. The number of hydrogen-bond donors (Lipinski definition) is 1. The second-order valence-electron chi connectivity index (χ2n) is 6.91. The second-order valence-corrected chi connectivity index (χ2v) is 6.91. The lowest BCUT2D eigenvalue weighted by Crippen LogP contribution is -2.52. The minimum absolute atomic E-state index is 0.127. The van der Waals surface area contributed by atoms with Gasteiger partial charge in [-0.2, -0.15) is 0 Å². The molecule has 0 radical (unpaired) electrons. The van der Waals surface area contributed by atoms with E-state index >= 15 is 0 Å². The third kappa shape index (κ3) is 4.80. The Morgan fingerprint density at radius 2 is 1.95 bits per heavy atom. The maximum Gasteiger partial charge on any atom is 0.0645 e. The van der Waals surface area contributed by atoms with Crippen molar-refractivity contribution in [1.29, 1.82) is 0 Å². The summed E-state index contributed by atoms with van der Waals surface area (Å²) in [5.41, 5.74) is 3.05. The Kier molecular flexibility index (Phi) is 5.80. The van der Waals surface area contributed by atoms with Gasteiger partial charge >= 0.3 is 0 Å². The van der Waals surface area contributed by atoms with Gasteiger partial charge in [-0.1, -0.05) is 38.1 Å². The first-order valence-electron chi connectivity index (χ1n) is 8.12. The van der Waals surface area contributed by atoms with Crippen LogP contribution in [0.15, 0.2) is 24.3 Å². The molecule has 2 rings (SSSR count). The van der Waals surface area contributed by atoms with Crippen LogP contribution >= 0.6 is 0 Å². The van der Waals surface area contributed by atoms with Gasteiger partial charge < -0.3 is 10.1 Å². The molecule has 0 amide bonds. The van der Waals surface area contributed by atoms with Gasteiger partial charge in [-0.25, -0.2) is 0 Å². The monoisotopic (exact) mass is 290 g/mol. The van der Waals surface area contributed by atoms with Gasteiger partial charge in [-0.15, -0.1) is 0 Å². The van der Waals surface area contributed by atoms with Crippen molar-refractivity contribution in [2.24, 2.45) is 0 Å². The number of ether oxygens (including phenoxy) is 1. The minimum Gasteiger partial charge on any atom is -0.378 e. The molecule has 0 aliphatic carbocycles. The lowest BCUT2D eigenvalue weighted by atomic mass is 9.98. The van der Waals surface area contributed by atoms with Crippen molar-refractivity contribution in [1.82, 2.24) is 10.2 Å². The van der Waals surface area contributed by atoms with Crippen LogP contribution in [-0.4, -0.2) is 42.8 Å². The van der Waals surface area contributed by atoms with Crippen LogP contribution in [0.5, 0.6) is 0 Å². The fraction of sp³-hybridized carbons (Fsp3) is 0.667. The molecule has 0 spiro atoms. The zero-order chi connectivity index (χ0) is 15.3. The number of nitrogens with zero attached hydrogens (tertiary/aromatic N) is 1. The van der Waals surface area contributed by atoms with E-state index in [2.05, 4.69) is 62.2 Å². The van der Waals surface area contributed by atoms with Gasteiger partial charge in [-0.05, 0) is 37.9 Å². The highest BCUT2D eigenvalue weighted by Crippen LogP contribution is 2.23. The Morgan fingerprint density at radius 3 is 2.62 bits per heavy atom. The van der Waals surface area contributed by atoms with E-state index in [0.717, 1.165) is 39.3 Å². The second kappa shape index (κ2) is 7.39. The number of rotatable bonds is 6. The number of benzene rings is 1. The van der Waals surface area contributed by atoms with E-state index in [4.69, 9.17) is 4.74 Å². The number of morpholine rings is 1. The van der Waals surface area contributed by atoms with Crippen molar-refractivity contribution in [2.75, 3.05) is 26.3 Å². The molecule has 0 aromatic heterocycles. The third-order valence-corrected chi connectivity index (χ3v) is 4.24. The molecule has 1 N–H and O–H groups in total. The molecule has 0 saturated carbocycles. The average molecular weight is 290 g/mol. The first-order valence-corrected chi connectivity index (χ1v) is 8.12. The van der Waals surface area contributed by atoms with E-state index in [1.54, 1.807) is 0 Å². The summed E-state index contributed by atoms with van der Waals surface area (Å²) in [4.78, 5) is 2.55. The van der Waals surface area contributed by atoms with Crippen LogP contribution in [0.1, 0.15) is 38.8 Å². The molecule has 1 aliphatic rings. The van der Waals surface area contributed by atoms with Gasteiger partial charge in [0.15, 0.2) is 0 Å². The molecule has 1 saturated heterocycles. The maximum absolute atomic E-state index is 5.62. The summed E-state index contributed by atoms with van der Waals surface area (Å²) < 4.78 is 5.62. The van der Waals surface area contributed by atoms with Crippen LogP contribution < -0.4 is 5.32 Å². The van der Waals surface area contributed by atoms with Gasteiger partial charge in [-0.3, -0.25) is 4.90 Å². The van der Waals surface area contributed by atoms with E-state index < -0.39 is 0 Å². The van der Waals surface area contributed by atoms with Crippen molar-refractivity contribution >= 4 is 0 Å². The summed E-state index contributed by atoms with van der Waals surface area (Å²) in [7, 11) is 0. The molecular formula is C18H30N2O. The first kappa shape index (κ1) is 16.5. The SMILES string of the molecule is CC(C)NCCc1ccccc1CN1CCOCC1(C)C. The molecular weight excluding hydrogens is 260 g/mol. The fourth-order valence-electron chi connectivity index (χ4n) is 2.84. The highest BCUT2D eigenvalue weighted by atomic mass is 16.5. The molecule has 0 atom stereocenters. The Labute approximate surface area is 129 Å². The van der Waals surface area contributed by atoms with Crippen molar-refractivity contribution in [3.8, 4) is 0 Å². The molecule has 21 heavy (non-hydrogen) atoms. The van der Waals surface area contributed by atoms with E-state index in [-0.39, 0.29) is 5.54 Å². The quantitative estimate of drug-likeness (QED) is 0.872. The van der Waals surface area contributed by atoms with Gasteiger partial charge in [0, 0.05) is 24.7 Å². The third-order valence-electron chi connectivity index (χ3n) is 4.24. The summed E-state index contributed by atoms with van der Waals surface area (Å²) in [5.74, 6) is 0. The predicted octanol–water partition coefficient (Wildman–Crippen LogP) is 2.84. The zero-order valence-electron chi connectivity index (χ0n) is 14.0. The van der Waals surface area contributed by atoms with Gasteiger partial charge in [0.1, 0.15) is 0 Å². The van der Waals surface area contributed by atoms with Crippen LogP contribution in [0.3, 0.4) is 0 Å². The van der Waals surface area contributed by atoms with E-state index in [1.807, 2.05) is 0 Å². The van der Waals surface area contributed by atoms with Gasteiger partial charge in [0.25, 0.3) is 0 Å². The van der Waals surface area contributed by atoms with Crippen molar-refractivity contribution in [3.05, 3.63) is 35.4 Å². The zero-order valence-corrected chi connectivity index (χ0v) is 14.0. The van der Waals surface area contributed by atoms with E-state index in [9.17, 15) is 0 Å². The Hall–Kier alpha value is -0.900. The van der Waals surface area contributed by atoms with Crippen LogP contribution in [0, 0.1) is 0 Å². The molecule has 0 unspecified atom stereocenters. The molecule has 118 valence electrons. The largest absolute Gasteiger partial charge is 0.378 e. The number of hydrogen-bond acceptors (Lipinski definition) is 3. The Morgan fingerprint density at radius 1 is 1.24 bits per heavy atom. The van der Waals surface area contributed by atoms with E-state index in [1.165, 1.54) is 11.1 Å². The fourth-order valence-corrected chi connectivity index (χ4v) is 2.84. The van der Waals surface area contributed by atoms with Gasteiger partial charge in [0.2, 0.25) is 0 Å². The Balaban J connectivity index is 2.02. The highest BCUT2D eigenvalue weighted by molar-refractivity contribution is 5.27. The molecule has 1 aliphatic heterocycles. The molecule has 0 bridgehead atoms. The highest BCUT2D eigenvalue weighted by Gasteiger charge is 2.30. The molecule has 1 aromatic rings. The molecule has 1 fully saturated rings. The maximum atomic E-state index is 5.62. The average Bonchev–Trinajstić information content (AvgIpc) is 2.42. The van der Waals surface area contributed by atoms with Crippen molar-refractivity contribution in [2.45, 2.75) is 52.2 Å². The smallest absolute Gasteiger partial charge is 0.0645 e. The minimum atomic E-state index is 0.127. The normalized spacial score (nSPS) is 19.1. The van der Waals surface area contributed by atoms with Crippen LogP contribution in [0.4, 0.5) is 0 Å². The summed E-state index contributed by atoms with van der Waals surface area (Å²) in [6.07, 6.45) is 1.10. The molecule has 3 nitrogen and oxygen atoms in total. The lowest BCUT2D eigenvalue weighted by molar-refractivity contribution is -0.0553. The van der Waals surface area contributed by atoms with Crippen LogP contribution in [0.25, 0.3) is 0 Å². The summed E-state index contributed by atoms with van der Waals surface area (Å²) in [6.45, 7) is 13.7. The van der Waals surface area contributed by atoms with Crippen molar-refractivity contribution < 1.29 is 4.74 Å². The first-order chi connectivity index (χ1) is 9.99. The van der Waals surface area contributed by atoms with Crippen LogP contribution in [0.2, 0.25) is 0 Å². The summed E-state index contributed by atoms with van der Waals surface area (Å²) >= 11 is 0. The standard InChI is InChI=1S/C18H30N2O/c1-15(2)19-10-9-16-7-5-6-8-17(16)13-20-11-12-21-14-18(20,3)4/h5-8,15,19H,9-14H2,1-4H3. The summed E-state index contributed by atoms with van der Waals surface area (Å²) in [6, 6.07) is 9.40. The number of nitrogens with one attached hydrogen (secondary N) is 1. The molecule has 1 aromatic carbocycles. The molecule has 1 heterocycles. The lowest BCUT2D eigenvalue weighted by Gasteiger charge is -2.42. The predicted molar refractivity (Wildman–Crippen MR) is 88.6 cm³/mol. The van der Waals surface area contributed by atoms with Crippen LogP contribution in [-0.2, 0) is 17.7 Å². The molecule has 3 heteroatoms. The topological polar surface area (TPSA) is 24.5 Å². The van der Waals surface area contributed by atoms with Crippen molar-refractivity contribution in [3.63, 3.8) is 0 Å². The van der Waals surface area contributed by atoms with E-state index in [0.29, 0.717) is 6.04 Å². The van der Waals surface area contributed by atoms with Gasteiger partial charge in [0.05, 0.1) is 13.2 Å².